The van der Waals surface area contributed by atoms with Crippen molar-refractivity contribution in [3.8, 4) is 5.75 Å². The highest BCUT2D eigenvalue weighted by molar-refractivity contribution is 5.85. The van der Waals surface area contributed by atoms with Gasteiger partial charge in [0.05, 0.1) is 19.1 Å². The first kappa shape index (κ1) is 24.7. The summed E-state index contributed by atoms with van der Waals surface area (Å²) in [6, 6.07) is 6.97. The van der Waals surface area contributed by atoms with Crippen LogP contribution in [0.1, 0.15) is 71.4 Å². The van der Waals surface area contributed by atoms with Crippen LogP contribution < -0.4 is 10.1 Å². The fourth-order valence-corrected chi connectivity index (χ4v) is 3.83. The molecule has 172 valence electrons. The third-order valence-electron chi connectivity index (χ3n) is 5.93. The lowest BCUT2D eigenvalue weighted by molar-refractivity contribution is -0.160. The van der Waals surface area contributed by atoms with Crippen molar-refractivity contribution in [1.82, 2.24) is 10.2 Å². The predicted molar refractivity (Wildman–Crippen MR) is 119 cm³/mol. The van der Waals surface area contributed by atoms with Crippen LogP contribution in [0.25, 0.3) is 0 Å². The third-order valence-corrected chi connectivity index (χ3v) is 5.93. The summed E-state index contributed by atoms with van der Waals surface area (Å²) in [5, 5.41) is 2.87. The minimum absolute atomic E-state index is 0.0239. The molecule has 1 aliphatic rings. The smallest absolute Gasteiger partial charge is 0.311 e. The number of rotatable bonds is 10. The number of hydrogen-bond donors (Lipinski definition) is 1. The monoisotopic (exact) mass is 432 g/mol. The number of nitrogens with zero attached hydrogens (tertiary/aromatic N) is 1. The second-order valence-corrected chi connectivity index (χ2v) is 8.67. The second kappa shape index (κ2) is 11.2. The molecule has 2 atom stereocenters. The quantitative estimate of drug-likeness (QED) is 0.571. The van der Waals surface area contributed by atoms with Gasteiger partial charge in [-0.2, -0.15) is 0 Å². The Kier molecular flexibility index (Phi) is 8.89. The van der Waals surface area contributed by atoms with Crippen molar-refractivity contribution in [1.29, 1.82) is 0 Å². The van der Waals surface area contributed by atoms with E-state index in [1.807, 2.05) is 45.0 Å². The lowest BCUT2D eigenvalue weighted by atomic mass is 9.83. The molecule has 0 saturated carbocycles. The number of piperidine rings is 1. The molecule has 1 aromatic carbocycles. The number of methoxy groups -OCH3 is 1. The Morgan fingerprint density at radius 1 is 1.23 bits per heavy atom. The molecule has 2 amide bonds. The van der Waals surface area contributed by atoms with Gasteiger partial charge in [0.15, 0.2) is 6.61 Å². The van der Waals surface area contributed by atoms with E-state index in [0.717, 1.165) is 24.8 Å². The molecular weight excluding hydrogens is 396 g/mol. The molecule has 0 aliphatic carbocycles. The van der Waals surface area contributed by atoms with E-state index in [1.54, 1.807) is 12.0 Å². The SMILES string of the molecule is CCCCN1C(=O)CCC(C(=O)OCC(=O)NC(C)(C)CC)C1c1ccccc1OC. The van der Waals surface area contributed by atoms with Gasteiger partial charge in [-0.1, -0.05) is 38.5 Å². The number of carbonyl (C=O) groups excluding carboxylic acids is 3. The van der Waals surface area contributed by atoms with Crippen LogP contribution in [-0.2, 0) is 19.1 Å². The summed E-state index contributed by atoms with van der Waals surface area (Å²) in [6.45, 7) is 8.11. The zero-order valence-electron chi connectivity index (χ0n) is 19.4. The molecule has 2 unspecified atom stereocenters. The number of likely N-dealkylation sites (tertiary alicyclic amines) is 1. The number of hydrogen-bond acceptors (Lipinski definition) is 5. The maximum absolute atomic E-state index is 13.1. The molecule has 1 N–H and O–H groups in total. The van der Waals surface area contributed by atoms with Gasteiger partial charge in [-0.3, -0.25) is 14.4 Å². The van der Waals surface area contributed by atoms with Gasteiger partial charge in [0, 0.05) is 24.1 Å². The van der Waals surface area contributed by atoms with E-state index in [1.165, 1.54) is 0 Å². The van der Waals surface area contributed by atoms with Gasteiger partial charge in [0.1, 0.15) is 5.75 Å². The average molecular weight is 433 g/mol. The first-order valence-electron chi connectivity index (χ1n) is 11.1. The summed E-state index contributed by atoms with van der Waals surface area (Å²) in [5.41, 5.74) is 0.421. The normalized spacial score (nSPS) is 19.1. The van der Waals surface area contributed by atoms with Gasteiger partial charge < -0.3 is 19.7 Å². The van der Waals surface area contributed by atoms with Crippen LogP contribution in [0.15, 0.2) is 24.3 Å². The van der Waals surface area contributed by atoms with E-state index >= 15 is 0 Å². The lowest BCUT2D eigenvalue weighted by Gasteiger charge is -2.40. The van der Waals surface area contributed by atoms with Gasteiger partial charge in [0.2, 0.25) is 5.91 Å². The molecule has 0 radical (unpaired) electrons. The van der Waals surface area contributed by atoms with Crippen molar-refractivity contribution in [2.45, 2.75) is 71.4 Å². The first-order chi connectivity index (χ1) is 14.7. The summed E-state index contributed by atoms with van der Waals surface area (Å²) < 4.78 is 10.9. The second-order valence-electron chi connectivity index (χ2n) is 8.67. The fourth-order valence-electron chi connectivity index (χ4n) is 3.83. The van der Waals surface area contributed by atoms with Gasteiger partial charge in [-0.15, -0.1) is 0 Å². The maximum atomic E-state index is 13.1. The van der Waals surface area contributed by atoms with Crippen molar-refractivity contribution < 1.29 is 23.9 Å². The van der Waals surface area contributed by atoms with Gasteiger partial charge in [-0.05, 0) is 39.2 Å². The van der Waals surface area contributed by atoms with Crippen LogP contribution in [0.5, 0.6) is 5.75 Å². The Labute approximate surface area is 185 Å². The Morgan fingerprint density at radius 2 is 1.94 bits per heavy atom. The van der Waals surface area contributed by atoms with Crippen molar-refractivity contribution in [3.05, 3.63) is 29.8 Å². The van der Waals surface area contributed by atoms with Crippen LogP contribution in [0.3, 0.4) is 0 Å². The van der Waals surface area contributed by atoms with E-state index in [0.29, 0.717) is 18.7 Å². The van der Waals surface area contributed by atoms with E-state index in [9.17, 15) is 14.4 Å². The average Bonchev–Trinajstić information content (AvgIpc) is 2.76. The molecule has 1 saturated heterocycles. The molecule has 7 heteroatoms. The Morgan fingerprint density at radius 3 is 2.58 bits per heavy atom. The highest BCUT2D eigenvalue weighted by Crippen LogP contribution is 2.41. The number of benzene rings is 1. The maximum Gasteiger partial charge on any atom is 0.311 e. The molecule has 0 bridgehead atoms. The molecule has 2 rings (SSSR count). The molecule has 31 heavy (non-hydrogen) atoms. The van der Waals surface area contributed by atoms with Gasteiger partial charge in [-0.25, -0.2) is 0 Å². The third kappa shape index (κ3) is 6.45. The molecule has 1 aliphatic heterocycles. The van der Waals surface area contributed by atoms with Crippen LogP contribution in [0, 0.1) is 5.92 Å². The summed E-state index contributed by atoms with van der Waals surface area (Å²) in [4.78, 5) is 39.9. The number of carbonyl (C=O) groups is 3. The fraction of sp³-hybridized carbons (Fsp3) is 0.625. The molecule has 7 nitrogen and oxygen atoms in total. The standard InChI is InChI=1S/C24H36N2O5/c1-6-8-15-26-21(28)14-13-18(22(26)17-11-9-10-12-19(17)30-5)23(29)31-16-20(27)25-24(3,4)7-2/h9-12,18,22H,6-8,13-16H2,1-5H3,(H,25,27). The molecule has 0 spiro atoms. The highest BCUT2D eigenvalue weighted by Gasteiger charge is 2.42. The molecular formula is C24H36N2O5. The minimum atomic E-state index is -0.558. The number of unbranched alkanes of at least 4 members (excludes halogenated alkanes) is 1. The largest absolute Gasteiger partial charge is 0.496 e. The number of ether oxygens (including phenoxy) is 2. The topological polar surface area (TPSA) is 84.9 Å². The van der Waals surface area contributed by atoms with E-state index in [4.69, 9.17) is 9.47 Å². The van der Waals surface area contributed by atoms with E-state index < -0.39 is 17.9 Å². The first-order valence-corrected chi connectivity index (χ1v) is 11.1. The zero-order valence-corrected chi connectivity index (χ0v) is 19.4. The van der Waals surface area contributed by atoms with Crippen molar-refractivity contribution in [3.63, 3.8) is 0 Å². The number of para-hydroxylation sites is 1. The van der Waals surface area contributed by atoms with Crippen LogP contribution in [0.4, 0.5) is 0 Å². The van der Waals surface area contributed by atoms with Crippen molar-refractivity contribution >= 4 is 17.8 Å². The molecule has 1 fully saturated rings. The predicted octanol–water partition coefficient (Wildman–Crippen LogP) is 3.62. The summed E-state index contributed by atoms with van der Waals surface area (Å²) >= 11 is 0. The number of amides is 2. The Hall–Kier alpha value is -2.57. The highest BCUT2D eigenvalue weighted by atomic mass is 16.5. The number of esters is 1. The lowest BCUT2D eigenvalue weighted by Crippen LogP contribution is -2.47. The molecule has 1 aromatic rings. The van der Waals surface area contributed by atoms with Gasteiger partial charge in [0.25, 0.3) is 5.91 Å². The summed E-state index contributed by atoms with van der Waals surface area (Å²) in [6.07, 6.45) is 3.20. The summed E-state index contributed by atoms with van der Waals surface area (Å²) in [5.74, 6) is -0.698. The van der Waals surface area contributed by atoms with E-state index in [-0.39, 0.29) is 30.4 Å². The summed E-state index contributed by atoms with van der Waals surface area (Å²) in [7, 11) is 1.58. The number of nitrogens with one attached hydrogen (secondary N) is 1. The molecule has 0 aromatic heterocycles. The van der Waals surface area contributed by atoms with Crippen LogP contribution in [0.2, 0.25) is 0 Å². The molecule has 1 heterocycles. The van der Waals surface area contributed by atoms with Crippen molar-refractivity contribution in [2.24, 2.45) is 5.92 Å². The Bertz CT molecular complexity index is 777. The Balaban J connectivity index is 2.25. The minimum Gasteiger partial charge on any atom is -0.496 e. The van der Waals surface area contributed by atoms with Crippen LogP contribution >= 0.6 is 0 Å². The zero-order chi connectivity index (χ0) is 23.0. The van der Waals surface area contributed by atoms with Crippen LogP contribution in [-0.4, -0.2) is 48.5 Å². The van der Waals surface area contributed by atoms with Gasteiger partial charge >= 0.3 is 5.97 Å². The van der Waals surface area contributed by atoms with E-state index in [2.05, 4.69) is 12.2 Å². The van der Waals surface area contributed by atoms with Crippen molar-refractivity contribution in [2.75, 3.05) is 20.3 Å².